The number of nitrogens with two attached hydrogens (primary N) is 1. The molecule has 0 aliphatic carbocycles. The van der Waals surface area contributed by atoms with Gasteiger partial charge in [0.2, 0.25) is 5.91 Å². The van der Waals surface area contributed by atoms with E-state index in [1.165, 1.54) is 23.3 Å². The van der Waals surface area contributed by atoms with Crippen molar-refractivity contribution in [2.45, 2.75) is 25.9 Å². The van der Waals surface area contributed by atoms with E-state index in [-0.39, 0.29) is 6.54 Å². The van der Waals surface area contributed by atoms with Crippen LogP contribution in [0.4, 0.5) is 4.79 Å². The first-order valence-corrected chi connectivity index (χ1v) is 6.61. The van der Waals surface area contributed by atoms with Crippen molar-refractivity contribution in [2.24, 2.45) is 5.73 Å². The summed E-state index contributed by atoms with van der Waals surface area (Å²) in [5, 5.41) is 13.8. The van der Waals surface area contributed by atoms with E-state index in [0.29, 0.717) is 5.69 Å². The SMILES string of the molecule is Cc1nc(CN(C)C(=O)N[C@H](CC(N)=O)C(=O)O)cs1. The van der Waals surface area contributed by atoms with E-state index in [9.17, 15) is 14.4 Å². The predicted octanol–water partition coefficient (Wildman–Crippen LogP) is -0.0785. The number of aliphatic carboxylic acids is 1. The molecule has 1 aromatic rings. The van der Waals surface area contributed by atoms with E-state index < -0.39 is 30.4 Å². The molecule has 9 heteroatoms. The molecule has 110 valence electrons. The number of hydrogen-bond donors (Lipinski definition) is 3. The van der Waals surface area contributed by atoms with E-state index in [1.54, 1.807) is 0 Å². The quantitative estimate of drug-likeness (QED) is 0.677. The Balaban J connectivity index is 2.59. The van der Waals surface area contributed by atoms with Gasteiger partial charge in [-0.15, -0.1) is 11.3 Å². The second kappa shape index (κ2) is 6.85. The van der Waals surface area contributed by atoms with Gasteiger partial charge >= 0.3 is 12.0 Å². The fourth-order valence-electron chi connectivity index (χ4n) is 1.46. The summed E-state index contributed by atoms with van der Waals surface area (Å²) >= 11 is 1.46. The molecule has 0 fully saturated rings. The van der Waals surface area contributed by atoms with Gasteiger partial charge < -0.3 is 21.1 Å². The summed E-state index contributed by atoms with van der Waals surface area (Å²) in [5.41, 5.74) is 5.65. The normalized spacial score (nSPS) is 11.7. The number of rotatable bonds is 6. The van der Waals surface area contributed by atoms with Gasteiger partial charge in [0, 0.05) is 12.4 Å². The van der Waals surface area contributed by atoms with Crippen LogP contribution in [0.25, 0.3) is 0 Å². The van der Waals surface area contributed by atoms with Crippen molar-refractivity contribution in [3.05, 3.63) is 16.1 Å². The first-order valence-electron chi connectivity index (χ1n) is 5.73. The van der Waals surface area contributed by atoms with Crippen LogP contribution in [0.15, 0.2) is 5.38 Å². The molecule has 0 unspecified atom stereocenters. The van der Waals surface area contributed by atoms with E-state index >= 15 is 0 Å². The minimum atomic E-state index is -1.33. The highest BCUT2D eigenvalue weighted by Crippen LogP contribution is 2.09. The monoisotopic (exact) mass is 300 g/mol. The third kappa shape index (κ3) is 4.84. The molecule has 0 spiro atoms. The van der Waals surface area contributed by atoms with Crippen LogP contribution in [0.2, 0.25) is 0 Å². The van der Waals surface area contributed by atoms with Crippen LogP contribution in [0.5, 0.6) is 0 Å². The van der Waals surface area contributed by atoms with E-state index in [4.69, 9.17) is 10.8 Å². The number of primary amides is 1. The Kier molecular flexibility index (Phi) is 5.44. The molecule has 0 aromatic carbocycles. The molecule has 0 radical (unpaired) electrons. The van der Waals surface area contributed by atoms with Crippen LogP contribution in [0.3, 0.4) is 0 Å². The maximum Gasteiger partial charge on any atom is 0.326 e. The molecule has 8 nitrogen and oxygen atoms in total. The highest BCUT2D eigenvalue weighted by molar-refractivity contribution is 7.09. The molecular weight excluding hydrogens is 284 g/mol. The van der Waals surface area contributed by atoms with Crippen molar-refractivity contribution in [3.63, 3.8) is 0 Å². The number of amides is 3. The third-order valence-corrected chi connectivity index (χ3v) is 3.24. The van der Waals surface area contributed by atoms with Crippen LogP contribution in [0.1, 0.15) is 17.1 Å². The Bertz CT molecular complexity index is 516. The number of carbonyl (C=O) groups excluding carboxylic acids is 2. The Morgan fingerprint density at radius 3 is 2.65 bits per heavy atom. The number of carboxylic acids is 1. The lowest BCUT2D eigenvalue weighted by Gasteiger charge is -2.20. The number of aromatic nitrogens is 1. The molecule has 1 aromatic heterocycles. The zero-order chi connectivity index (χ0) is 15.3. The van der Waals surface area contributed by atoms with Crippen LogP contribution in [0, 0.1) is 6.92 Å². The number of urea groups is 1. The standard InChI is InChI=1S/C11H16N4O4S/c1-6-13-7(5-20-6)4-15(2)11(19)14-8(10(17)18)3-9(12)16/h5,8H,3-4H2,1-2H3,(H2,12,16)(H,14,19)(H,17,18)/t8-/m1/s1. The summed E-state index contributed by atoms with van der Waals surface area (Å²) < 4.78 is 0. The Morgan fingerprint density at radius 2 is 2.20 bits per heavy atom. The van der Waals surface area contributed by atoms with Crippen molar-refractivity contribution >= 4 is 29.2 Å². The fourth-order valence-corrected chi connectivity index (χ4v) is 2.06. The van der Waals surface area contributed by atoms with Gasteiger partial charge in [0.05, 0.1) is 23.7 Å². The number of thiazole rings is 1. The first kappa shape index (κ1) is 15.9. The van der Waals surface area contributed by atoms with Gasteiger partial charge in [-0.1, -0.05) is 0 Å². The third-order valence-electron chi connectivity index (χ3n) is 2.41. The average molecular weight is 300 g/mol. The zero-order valence-electron chi connectivity index (χ0n) is 11.1. The summed E-state index contributed by atoms with van der Waals surface area (Å²) in [6.07, 6.45) is -0.454. The molecular formula is C11H16N4O4S. The van der Waals surface area contributed by atoms with Crippen molar-refractivity contribution in [1.82, 2.24) is 15.2 Å². The summed E-state index contributed by atoms with van der Waals surface area (Å²) in [5.74, 6) is -2.11. The second-order valence-electron chi connectivity index (χ2n) is 4.22. The van der Waals surface area contributed by atoms with Gasteiger partial charge in [-0.05, 0) is 6.92 Å². The van der Waals surface area contributed by atoms with Gasteiger partial charge in [-0.2, -0.15) is 0 Å². The van der Waals surface area contributed by atoms with Crippen molar-refractivity contribution in [2.75, 3.05) is 7.05 Å². The summed E-state index contributed by atoms with van der Waals surface area (Å²) in [4.78, 5) is 39.0. The molecule has 0 aliphatic heterocycles. The molecule has 3 amide bonds. The van der Waals surface area contributed by atoms with Gasteiger partial charge in [0.25, 0.3) is 0 Å². The minimum Gasteiger partial charge on any atom is -0.480 e. The number of carbonyl (C=O) groups is 3. The van der Waals surface area contributed by atoms with E-state index in [1.807, 2.05) is 12.3 Å². The van der Waals surface area contributed by atoms with Crippen LogP contribution >= 0.6 is 11.3 Å². The van der Waals surface area contributed by atoms with Crippen LogP contribution < -0.4 is 11.1 Å². The van der Waals surface area contributed by atoms with Crippen LogP contribution in [-0.2, 0) is 16.1 Å². The zero-order valence-corrected chi connectivity index (χ0v) is 11.9. The van der Waals surface area contributed by atoms with Gasteiger partial charge in [0.1, 0.15) is 6.04 Å². The largest absolute Gasteiger partial charge is 0.480 e. The van der Waals surface area contributed by atoms with E-state index in [2.05, 4.69) is 10.3 Å². The maximum atomic E-state index is 11.8. The summed E-state index contributed by atoms with van der Waals surface area (Å²) in [6.45, 7) is 2.10. The van der Waals surface area contributed by atoms with Crippen molar-refractivity contribution in [1.29, 1.82) is 0 Å². The van der Waals surface area contributed by atoms with Crippen molar-refractivity contribution in [3.8, 4) is 0 Å². The summed E-state index contributed by atoms with van der Waals surface area (Å²) in [6, 6.07) is -1.94. The van der Waals surface area contributed by atoms with Crippen molar-refractivity contribution < 1.29 is 19.5 Å². The molecule has 1 rings (SSSR count). The van der Waals surface area contributed by atoms with Gasteiger partial charge in [0.15, 0.2) is 0 Å². The number of nitrogens with zero attached hydrogens (tertiary/aromatic N) is 2. The Morgan fingerprint density at radius 1 is 1.55 bits per heavy atom. The Hall–Kier alpha value is -2.16. The molecule has 1 atom stereocenters. The topological polar surface area (TPSA) is 126 Å². The Labute approximate surface area is 119 Å². The molecule has 0 saturated carbocycles. The van der Waals surface area contributed by atoms with Crippen LogP contribution in [-0.4, -0.2) is 46.0 Å². The highest BCUT2D eigenvalue weighted by atomic mass is 32.1. The van der Waals surface area contributed by atoms with Gasteiger partial charge in [-0.25, -0.2) is 14.6 Å². The lowest BCUT2D eigenvalue weighted by molar-refractivity contribution is -0.140. The average Bonchev–Trinajstić information content (AvgIpc) is 2.72. The summed E-state index contributed by atoms with van der Waals surface area (Å²) in [7, 11) is 1.51. The molecule has 0 saturated heterocycles. The predicted molar refractivity (Wildman–Crippen MR) is 72.1 cm³/mol. The molecule has 1 heterocycles. The van der Waals surface area contributed by atoms with E-state index in [0.717, 1.165) is 5.01 Å². The number of hydrogen-bond acceptors (Lipinski definition) is 5. The number of nitrogens with one attached hydrogen (secondary N) is 1. The number of aryl methyl sites for hydroxylation is 1. The second-order valence-corrected chi connectivity index (χ2v) is 5.29. The fraction of sp³-hybridized carbons (Fsp3) is 0.455. The number of carboxylic acid groups (broad SMARTS) is 1. The maximum absolute atomic E-state index is 11.8. The lowest BCUT2D eigenvalue weighted by Crippen LogP contribution is -2.48. The highest BCUT2D eigenvalue weighted by Gasteiger charge is 2.23. The first-order chi connectivity index (χ1) is 9.29. The molecule has 0 bridgehead atoms. The minimum absolute atomic E-state index is 0.249. The molecule has 0 aliphatic rings. The molecule has 20 heavy (non-hydrogen) atoms. The smallest absolute Gasteiger partial charge is 0.326 e. The molecule has 4 N–H and O–H groups in total. The lowest BCUT2D eigenvalue weighted by atomic mass is 10.2. The van der Waals surface area contributed by atoms with Gasteiger partial charge in [-0.3, -0.25) is 4.79 Å².